The van der Waals surface area contributed by atoms with Gasteiger partial charge in [0.05, 0.1) is 13.0 Å². The maximum absolute atomic E-state index is 11.6. The third-order valence-corrected chi connectivity index (χ3v) is 3.37. The van der Waals surface area contributed by atoms with Crippen LogP contribution in [-0.2, 0) is 20.7 Å². The molecule has 1 aliphatic rings. The molecule has 1 amide bonds. The van der Waals surface area contributed by atoms with Gasteiger partial charge in [-0.05, 0) is 24.5 Å². The molecule has 1 aromatic carbocycles. The van der Waals surface area contributed by atoms with Crippen molar-refractivity contribution in [1.82, 2.24) is 5.32 Å². The smallest absolute Gasteiger partial charge is 0.306 e. The van der Waals surface area contributed by atoms with E-state index in [0.29, 0.717) is 19.1 Å². The fraction of sp³-hybridized carbons (Fsp3) is 0.467. The number of rotatable bonds is 6. The van der Waals surface area contributed by atoms with Crippen LogP contribution in [-0.4, -0.2) is 25.0 Å². The first-order valence-corrected chi connectivity index (χ1v) is 6.70. The molecule has 0 radical (unpaired) electrons. The summed E-state index contributed by atoms with van der Waals surface area (Å²) in [5.74, 6) is 0.0202. The Bertz CT molecular complexity index is 470. The van der Waals surface area contributed by atoms with E-state index in [-0.39, 0.29) is 24.7 Å². The van der Waals surface area contributed by atoms with Crippen LogP contribution in [0.2, 0.25) is 0 Å². The van der Waals surface area contributed by atoms with Crippen LogP contribution < -0.4 is 5.32 Å². The van der Waals surface area contributed by atoms with Crippen LogP contribution in [0.1, 0.15) is 36.8 Å². The molecule has 0 heterocycles. The number of nitrogens with one attached hydrogen (secondary N) is 1. The van der Waals surface area contributed by atoms with Crippen LogP contribution in [0, 0.1) is 0 Å². The summed E-state index contributed by atoms with van der Waals surface area (Å²) in [5.41, 5.74) is 2.70. The molecular formula is C15H19NO3. The van der Waals surface area contributed by atoms with E-state index < -0.39 is 0 Å². The van der Waals surface area contributed by atoms with Crippen LogP contribution in [0.4, 0.5) is 0 Å². The molecular weight excluding hydrogens is 242 g/mol. The lowest BCUT2D eigenvalue weighted by Gasteiger charge is -2.30. The third kappa shape index (κ3) is 3.56. The van der Waals surface area contributed by atoms with Crippen LogP contribution in [0.5, 0.6) is 0 Å². The Morgan fingerprint density at radius 2 is 2.11 bits per heavy atom. The van der Waals surface area contributed by atoms with Crippen molar-refractivity contribution in [3.05, 3.63) is 35.4 Å². The van der Waals surface area contributed by atoms with Crippen molar-refractivity contribution in [2.24, 2.45) is 0 Å². The molecule has 0 aromatic heterocycles. The summed E-state index contributed by atoms with van der Waals surface area (Å²) in [4.78, 5) is 22.7. The van der Waals surface area contributed by atoms with E-state index >= 15 is 0 Å². The number of carbonyl (C=O) groups is 2. The standard InChI is InChI=1S/C15H19NO3/c1-2-19-15(18)8-7-14(17)16-10-12-9-11-5-3-4-6-13(11)12/h3-6,12H,2,7-10H2,1H3,(H,16,17). The highest BCUT2D eigenvalue weighted by Gasteiger charge is 2.25. The lowest BCUT2D eigenvalue weighted by Crippen LogP contribution is -2.33. The highest BCUT2D eigenvalue weighted by molar-refractivity contribution is 5.81. The summed E-state index contributed by atoms with van der Waals surface area (Å²) in [7, 11) is 0. The van der Waals surface area contributed by atoms with Gasteiger partial charge in [0, 0.05) is 18.9 Å². The predicted molar refractivity (Wildman–Crippen MR) is 71.8 cm³/mol. The largest absolute Gasteiger partial charge is 0.466 e. The average Bonchev–Trinajstić information content (AvgIpc) is 2.38. The zero-order valence-electron chi connectivity index (χ0n) is 11.1. The Morgan fingerprint density at radius 3 is 2.84 bits per heavy atom. The molecule has 1 atom stereocenters. The number of esters is 1. The van der Waals surface area contributed by atoms with E-state index in [1.165, 1.54) is 11.1 Å². The monoisotopic (exact) mass is 261 g/mol. The van der Waals surface area contributed by atoms with Crippen molar-refractivity contribution in [2.45, 2.75) is 32.1 Å². The minimum absolute atomic E-state index is 0.0857. The molecule has 1 unspecified atom stereocenters. The van der Waals surface area contributed by atoms with Gasteiger partial charge >= 0.3 is 5.97 Å². The number of ether oxygens (including phenoxy) is 1. The van der Waals surface area contributed by atoms with Crippen molar-refractivity contribution in [1.29, 1.82) is 0 Å². The second-order valence-electron chi connectivity index (χ2n) is 4.71. The van der Waals surface area contributed by atoms with Gasteiger partial charge in [-0.1, -0.05) is 24.3 Å². The van der Waals surface area contributed by atoms with E-state index in [1.807, 2.05) is 12.1 Å². The van der Waals surface area contributed by atoms with Gasteiger partial charge in [-0.3, -0.25) is 9.59 Å². The van der Waals surface area contributed by atoms with E-state index in [4.69, 9.17) is 4.74 Å². The molecule has 2 rings (SSSR count). The highest BCUT2D eigenvalue weighted by Crippen LogP contribution is 2.33. The molecule has 0 aliphatic heterocycles. The number of hydrogen-bond acceptors (Lipinski definition) is 3. The third-order valence-electron chi connectivity index (χ3n) is 3.37. The Hall–Kier alpha value is -1.84. The average molecular weight is 261 g/mol. The van der Waals surface area contributed by atoms with Gasteiger partial charge in [0.2, 0.25) is 5.91 Å². The van der Waals surface area contributed by atoms with Gasteiger partial charge in [-0.25, -0.2) is 0 Å². The highest BCUT2D eigenvalue weighted by atomic mass is 16.5. The molecule has 0 fully saturated rings. The molecule has 1 aliphatic carbocycles. The van der Waals surface area contributed by atoms with Crippen LogP contribution in [0.15, 0.2) is 24.3 Å². The zero-order chi connectivity index (χ0) is 13.7. The molecule has 0 saturated heterocycles. The van der Waals surface area contributed by atoms with Gasteiger partial charge < -0.3 is 10.1 Å². The molecule has 4 heteroatoms. The quantitative estimate of drug-likeness (QED) is 0.794. The van der Waals surface area contributed by atoms with Crippen molar-refractivity contribution >= 4 is 11.9 Å². The van der Waals surface area contributed by atoms with E-state index in [1.54, 1.807) is 6.92 Å². The molecule has 1 N–H and O–H groups in total. The van der Waals surface area contributed by atoms with E-state index in [9.17, 15) is 9.59 Å². The summed E-state index contributed by atoms with van der Waals surface area (Å²) in [6.07, 6.45) is 1.38. The minimum atomic E-state index is -0.313. The summed E-state index contributed by atoms with van der Waals surface area (Å²) in [5, 5.41) is 2.88. The van der Waals surface area contributed by atoms with Gasteiger partial charge in [0.25, 0.3) is 0 Å². The summed E-state index contributed by atoms with van der Waals surface area (Å²) >= 11 is 0. The summed E-state index contributed by atoms with van der Waals surface area (Å²) in [6, 6.07) is 8.28. The molecule has 19 heavy (non-hydrogen) atoms. The molecule has 102 valence electrons. The first-order chi connectivity index (χ1) is 9.20. The Kier molecular flexibility index (Phi) is 4.55. The topological polar surface area (TPSA) is 55.4 Å². The first-order valence-electron chi connectivity index (χ1n) is 6.70. The van der Waals surface area contributed by atoms with E-state index in [2.05, 4.69) is 17.4 Å². The fourth-order valence-corrected chi connectivity index (χ4v) is 2.32. The molecule has 0 bridgehead atoms. The Labute approximate surface area is 113 Å². The number of hydrogen-bond donors (Lipinski definition) is 1. The fourth-order valence-electron chi connectivity index (χ4n) is 2.32. The van der Waals surface area contributed by atoms with Crippen LogP contribution >= 0.6 is 0 Å². The van der Waals surface area contributed by atoms with Gasteiger partial charge in [0.1, 0.15) is 0 Å². The van der Waals surface area contributed by atoms with E-state index in [0.717, 1.165) is 6.42 Å². The first kappa shape index (κ1) is 13.6. The van der Waals surface area contributed by atoms with Gasteiger partial charge in [0.15, 0.2) is 0 Å². The summed E-state index contributed by atoms with van der Waals surface area (Å²) in [6.45, 7) is 2.77. The van der Waals surface area contributed by atoms with Crippen LogP contribution in [0.3, 0.4) is 0 Å². The summed E-state index contributed by atoms with van der Waals surface area (Å²) < 4.78 is 4.78. The van der Waals surface area contributed by atoms with Crippen molar-refractivity contribution < 1.29 is 14.3 Å². The number of fused-ring (bicyclic) bond motifs is 1. The molecule has 1 aromatic rings. The number of amides is 1. The number of carbonyl (C=O) groups excluding carboxylic acids is 2. The molecule has 0 saturated carbocycles. The van der Waals surface area contributed by atoms with Gasteiger partial charge in [-0.15, -0.1) is 0 Å². The maximum Gasteiger partial charge on any atom is 0.306 e. The minimum Gasteiger partial charge on any atom is -0.466 e. The zero-order valence-corrected chi connectivity index (χ0v) is 11.1. The second-order valence-corrected chi connectivity index (χ2v) is 4.71. The SMILES string of the molecule is CCOC(=O)CCC(=O)NCC1Cc2ccccc21. The number of benzene rings is 1. The van der Waals surface area contributed by atoms with Crippen molar-refractivity contribution in [3.63, 3.8) is 0 Å². The van der Waals surface area contributed by atoms with Crippen molar-refractivity contribution in [2.75, 3.05) is 13.2 Å². The second kappa shape index (κ2) is 6.36. The normalized spacial score (nSPS) is 16.2. The lowest BCUT2D eigenvalue weighted by molar-refractivity contribution is -0.144. The van der Waals surface area contributed by atoms with Crippen LogP contribution in [0.25, 0.3) is 0 Å². The maximum atomic E-state index is 11.6. The Balaban J connectivity index is 1.67. The van der Waals surface area contributed by atoms with Gasteiger partial charge in [-0.2, -0.15) is 0 Å². The van der Waals surface area contributed by atoms with Crippen molar-refractivity contribution in [3.8, 4) is 0 Å². The Morgan fingerprint density at radius 1 is 1.32 bits per heavy atom. The predicted octanol–water partition coefficient (Wildman–Crippen LogP) is 1.79. The molecule has 4 nitrogen and oxygen atoms in total. The lowest BCUT2D eigenvalue weighted by atomic mass is 9.77. The molecule has 0 spiro atoms.